The molecule has 23 heavy (non-hydrogen) atoms. The maximum atomic E-state index is 11.8. The first-order chi connectivity index (χ1) is 10.9. The summed E-state index contributed by atoms with van der Waals surface area (Å²) in [6, 6.07) is 7.23. The van der Waals surface area contributed by atoms with Gasteiger partial charge in [0.15, 0.2) is 0 Å². The van der Waals surface area contributed by atoms with Gasteiger partial charge in [-0.3, -0.25) is 4.79 Å². The number of hydrogen-bond acceptors (Lipinski definition) is 4. The molecule has 1 heterocycles. The minimum atomic E-state index is -1.06. The number of anilines is 1. The molecular formula is C17H19NO4S. The van der Waals surface area contributed by atoms with Gasteiger partial charge < -0.3 is 15.2 Å². The van der Waals surface area contributed by atoms with Crippen molar-refractivity contribution in [1.29, 1.82) is 0 Å². The van der Waals surface area contributed by atoms with Crippen molar-refractivity contribution in [3.05, 3.63) is 35.2 Å². The molecule has 0 fully saturated rings. The van der Waals surface area contributed by atoms with E-state index in [4.69, 9.17) is 4.74 Å². The number of carboxylic acid groups (broad SMARTS) is 1. The average molecular weight is 333 g/mol. The van der Waals surface area contributed by atoms with Gasteiger partial charge in [0.1, 0.15) is 16.3 Å². The Hall–Kier alpha value is -2.34. The maximum Gasteiger partial charge on any atom is 0.339 e. The molecule has 0 bridgehead atoms. The lowest BCUT2D eigenvalue weighted by Gasteiger charge is -2.08. The van der Waals surface area contributed by atoms with Crippen LogP contribution in [0.4, 0.5) is 5.00 Å². The van der Waals surface area contributed by atoms with E-state index >= 15 is 0 Å². The summed E-state index contributed by atoms with van der Waals surface area (Å²) >= 11 is 1.22. The van der Waals surface area contributed by atoms with E-state index in [1.807, 2.05) is 19.1 Å². The van der Waals surface area contributed by atoms with Crippen LogP contribution in [0.2, 0.25) is 0 Å². The molecular weight excluding hydrogens is 314 g/mol. The summed E-state index contributed by atoms with van der Waals surface area (Å²) in [6.07, 6.45) is 0. The van der Waals surface area contributed by atoms with Crippen LogP contribution in [-0.2, 0) is 4.79 Å². The molecule has 0 spiro atoms. The normalized spacial score (nSPS) is 10.6. The van der Waals surface area contributed by atoms with Crippen LogP contribution in [0.25, 0.3) is 11.1 Å². The first-order valence-electron chi connectivity index (χ1n) is 7.33. The van der Waals surface area contributed by atoms with Crippen LogP contribution >= 0.6 is 11.3 Å². The van der Waals surface area contributed by atoms with Crippen molar-refractivity contribution >= 4 is 28.2 Å². The van der Waals surface area contributed by atoms with Gasteiger partial charge in [0.2, 0.25) is 5.91 Å². The molecule has 1 aromatic carbocycles. The molecule has 1 aromatic heterocycles. The Morgan fingerprint density at radius 2 is 1.91 bits per heavy atom. The Balaban J connectivity index is 2.37. The van der Waals surface area contributed by atoms with E-state index in [1.165, 1.54) is 11.3 Å². The Morgan fingerprint density at radius 1 is 1.26 bits per heavy atom. The van der Waals surface area contributed by atoms with E-state index in [0.717, 1.165) is 11.3 Å². The van der Waals surface area contributed by atoms with Gasteiger partial charge in [-0.25, -0.2) is 4.79 Å². The highest BCUT2D eigenvalue weighted by atomic mass is 32.1. The minimum Gasteiger partial charge on any atom is -0.494 e. The zero-order valence-electron chi connectivity index (χ0n) is 13.3. The first-order valence-corrected chi connectivity index (χ1v) is 8.20. The smallest absolute Gasteiger partial charge is 0.339 e. The average Bonchev–Trinajstić information content (AvgIpc) is 2.92. The predicted octanol–water partition coefficient (Wildman–Crippen LogP) is 4.11. The standard InChI is InChI=1S/C17H19NO4S/c1-4-22-12-7-5-11(6-8-12)13-9-23-16(14(13)17(20)21)18-15(19)10(2)3/h5-10H,4H2,1-3H3,(H,18,19)(H,20,21). The molecule has 0 aliphatic carbocycles. The fourth-order valence-electron chi connectivity index (χ4n) is 2.03. The molecule has 122 valence electrons. The number of carbonyl (C=O) groups excluding carboxylic acids is 1. The molecule has 2 N–H and O–H groups in total. The molecule has 5 nitrogen and oxygen atoms in total. The highest BCUT2D eigenvalue weighted by molar-refractivity contribution is 7.15. The van der Waals surface area contributed by atoms with Gasteiger partial charge in [0, 0.05) is 16.9 Å². The van der Waals surface area contributed by atoms with Crippen LogP contribution in [0.3, 0.4) is 0 Å². The summed E-state index contributed by atoms with van der Waals surface area (Å²) in [7, 11) is 0. The van der Waals surface area contributed by atoms with E-state index in [9.17, 15) is 14.7 Å². The lowest BCUT2D eigenvalue weighted by Crippen LogP contribution is -2.18. The number of rotatable bonds is 6. The van der Waals surface area contributed by atoms with Crippen molar-refractivity contribution < 1.29 is 19.4 Å². The molecule has 0 atom stereocenters. The molecule has 0 saturated heterocycles. The largest absolute Gasteiger partial charge is 0.494 e. The molecule has 2 rings (SSSR count). The fourth-order valence-corrected chi connectivity index (χ4v) is 2.99. The SMILES string of the molecule is CCOc1ccc(-c2csc(NC(=O)C(C)C)c2C(=O)O)cc1. The molecule has 0 aliphatic rings. The predicted molar refractivity (Wildman–Crippen MR) is 91.4 cm³/mol. The lowest BCUT2D eigenvalue weighted by molar-refractivity contribution is -0.118. The molecule has 1 amide bonds. The fraction of sp³-hybridized carbons (Fsp3) is 0.294. The van der Waals surface area contributed by atoms with E-state index < -0.39 is 5.97 Å². The molecule has 2 aromatic rings. The summed E-state index contributed by atoms with van der Waals surface area (Å²) in [6.45, 7) is 6.00. The quantitative estimate of drug-likeness (QED) is 0.834. The number of hydrogen-bond donors (Lipinski definition) is 2. The molecule has 0 unspecified atom stereocenters. The number of carboxylic acids is 1. The van der Waals surface area contributed by atoms with Crippen LogP contribution in [0.5, 0.6) is 5.75 Å². The summed E-state index contributed by atoms with van der Waals surface area (Å²) in [4.78, 5) is 23.5. The Kier molecular flexibility index (Phi) is 5.39. The Labute approximate surface area is 138 Å². The van der Waals surface area contributed by atoms with Crippen LogP contribution in [0, 0.1) is 5.92 Å². The van der Waals surface area contributed by atoms with E-state index in [2.05, 4.69) is 5.32 Å². The van der Waals surface area contributed by atoms with Crippen LogP contribution in [0.1, 0.15) is 31.1 Å². The molecule has 0 radical (unpaired) electrons. The zero-order chi connectivity index (χ0) is 17.0. The van der Waals surface area contributed by atoms with Crippen molar-refractivity contribution in [3.63, 3.8) is 0 Å². The van der Waals surface area contributed by atoms with E-state index in [-0.39, 0.29) is 17.4 Å². The molecule has 0 aliphatic heterocycles. The summed E-state index contributed by atoms with van der Waals surface area (Å²) in [5, 5.41) is 14.3. The van der Waals surface area contributed by atoms with Crippen LogP contribution in [0.15, 0.2) is 29.6 Å². The monoisotopic (exact) mass is 333 g/mol. The number of amides is 1. The van der Waals surface area contributed by atoms with Gasteiger partial charge in [0.25, 0.3) is 0 Å². The van der Waals surface area contributed by atoms with Crippen LogP contribution in [-0.4, -0.2) is 23.6 Å². The van der Waals surface area contributed by atoms with Gasteiger partial charge in [0.05, 0.1) is 6.61 Å². The molecule has 6 heteroatoms. The number of benzene rings is 1. The van der Waals surface area contributed by atoms with Gasteiger partial charge in [-0.15, -0.1) is 11.3 Å². The minimum absolute atomic E-state index is 0.119. The third-order valence-corrected chi connectivity index (χ3v) is 4.14. The van der Waals surface area contributed by atoms with Crippen molar-refractivity contribution in [2.45, 2.75) is 20.8 Å². The molecule has 0 saturated carbocycles. The van der Waals surface area contributed by atoms with Crippen LogP contribution < -0.4 is 10.1 Å². The van der Waals surface area contributed by atoms with Crippen molar-refractivity contribution in [2.24, 2.45) is 5.92 Å². The van der Waals surface area contributed by atoms with Gasteiger partial charge in [-0.2, -0.15) is 0 Å². The lowest BCUT2D eigenvalue weighted by atomic mass is 10.0. The highest BCUT2D eigenvalue weighted by Crippen LogP contribution is 2.36. The third kappa shape index (κ3) is 3.90. The number of aromatic carboxylic acids is 1. The Morgan fingerprint density at radius 3 is 2.43 bits per heavy atom. The first kappa shape index (κ1) is 17.0. The second-order valence-electron chi connectivity index (χ2n) is 5.26. The summed E-state index contributed by atoms with van der Waals surface area (Å²) < 4.78 is 5.39. The second kappa shape index (κ2) is 7.28. The number of carbonyl (C=O) groups is 2. The van der Waals surface area contributed by atoms with E-state index in [1.54, 1.807) is 31.4 Å². The van der Waals surface area contributed by atoms with Gasteiger partial charge >= 0.3 is 5.97 Å². The topological polar surface area (TPSA) is 75.6 Å². The Bertz CT molecular complexity index is 704. The van der Waals surface area contributed by atoms with Crippen molar-refractivity contribution in [3.8, 4) is 16.9 Å². The van der Waals surface area contributed by atoms with Gasteiger partial charge in [-0.1, -0.05) is 26.0 Å². The highest BCUT2D eigenvalue weighted by Gasteiger charge is 2.21. The summed E-state index contributed by atoms with van der Waals surface area (Å²) in [5.41, 5.74) is 1.48. The van der Waals surface area contributed by atoms with Crippen molar-refractivity contribution in [2.75, 3.05) is 11.9 Å². The summed E-state index contributed by atoms with van der Waals surface area (Å²) in [5.74, 6) is -0.744. The third-order valence-electron chi connectivity index (χ3n) is 3.24. The number of nitrogens with one attached hydrogen (secondary N) is 1. The zero-order valence-corrected chi connectivity index (χ0v) is 14.1. The number of ether oxygens (including phenoxy) is 1. The maximum absolute atomic E-state index is 11.8. The van der Waals surface area contributed by atoms with E-state index in [0.29, 0.717) is 17.2 Å². The van der Waals surface area contributed by atoms with Crippen molar-refractivity contribution in [1.82, 2.24) is 0 Å². The number of thiophene rings is 1. The second-order valence-corrected chi connectivity index (χ2v) is 6.14. The van der Waals surface area contributed by atoms with Gasteiger partial charge in [-0.05, 0) is 24.6 Å².